The van der Waals surface area contributed by atoms with Crippen LogP contribution in [0.5, 0.6) is 0 Å². The zero-order chi connectivity index (χ0) is 14.8. The van der Waals surface area contributed by atoms with E-state index in [1.807, 2.05) is 25.1 Å². The number of aromatic nitrogens is 2. The van der Waals surface area contributed by atoms with Crippen molar-refractivity contribution in [3.05, 3.63) is 35.7 Å². The summed E-state index contributed by atoms with van der Waals surface area (Å²) in [6.07, 6.45) is -4.51. The summed E-state index contributed by atoms with van der Waals surface area (Å²) >= 11 is 0.738. The first-order valence-corrected chi connectivity index (χ1v) is 6.68. The van der Waals surface area contributed by atoms with Crippen molar-refractivity contribution in [1.29, 1.82) is 0 Å². The lowest BCUT2D eigenvalue weighted by Crippen LogP contribution is -2.22. The van der Waals surface area contributed by atoms with Crippen molar-refractivity contribution in [2.24, 2.45) is 0 Å². The second-order valence-electron chi connectivity index (χ2n) is 4.11. The average Bonchev–Trinajstić information content (AvgIpc) is 2.87. The Balaban J connectivity index is 2.21. The van der Waals surface area contributed by atoms with Crippen LogP contribution in [0.1, 0.15) is 18.3 Å². The maximum absolute atomic E-state index is 12.5. The number of benzene rings is 1. The molecule has 2 aromatic rings. The molecule has 0 saturated carbocycles. The molecule has 1 aromatic carbocycles. The molecule has 0 atom stereocenters. The van der Waals surface area contributed by atoms with Crippen LogP contribution >= 0.6 is 11.5 Å². The van der Waals surface area contributed by atoms with E-state index < -0.39 is 12.0 Å². The van der Waals surface area contributed by atoms with E-state index in [-0.39, 0.29) is 5.13 Å². The Labute approximate surface area is 118 Å². The number of nitrogen functional groups attached to an aromatic ring is 1. The third-order valence-corrected chi connectivity index (χ3v) is 3.51. The minimum Gasteiger partial charge on any atom is -0.398 e. The Morgan fingerprint density at radius 1 is 1.30 bits per heavy atom. The van der Waals surface area contributed by atoms with Crippen LogP contribution in [-0.2, 0) is 12.7 Å². The number of halogens is 3. The van der Waals surface area contributed by atoms with Crippen molar-refractivity contribution in [2.75, 3.05) is 17.2 Å². The topological polar surface area (TPSA) is 55.0 Å². The van der Waals surface area contributed by atoms with Crippen LogP contribution in [0.3, 0.4) is 0 Å². The number of rotatable bonds is 4. The van der Waals surface area contributed by atoms with E-state index in [4.69, 9.17) is 5.73 Å². The van der Waals surface area contributed by atoms with Gasteiger partial charge in [0.1, 0.15) is 0 Å². The molecule has 0 fully saturated rings. The summed E-state index contributed by atoms with van der Waals surface area (Å²) in [7, 11) is 0. The first kappa shape index (κ1) is 14.6. The lowest BCUT2D eigenvalue weighted by Gasteiger charge is -2.20. The second kappa shape index (κ2) is 5.66. The van der Waals surface area contributed by atoms with E-state index in [0.717, 1.165) is 17.1 Å². The van der Waals surface area contributed by atoms with Crippen molar-refractivity contribution in [2.45, 2.75) is 19.6 Å². The fourth-order valence-electron chi connectivity index (χ4n) is 1.66. The number of nitrogens with two attached hydrogens (primary N) is 1. The van der Waals surface area contributed by atoms with Gasteiger partial charge in [0.2, 0.25) is 11.0 Å². The number of anilines is 2. The summed E-state index contributed by atoms with van der Waals surface area (Å²) in [6, 6.07) is 7.23. The lowest BCUT2D eigenvalue weighted by molar-refractivity contribution is -0.144. The van der Waals surface area contributed by atoms with Crippen LogP contribution in [0.4, 0.5) is 24.0 Å². The van der Waals surface area contributed by atoms with Gasteiger partial charge in [-0.1, -0.05) is 18.2 Å². The Bertz CT molecular complexity index is 582. The van der Waals surface area contributed by atoms with Gasteiger partial charge in [0, 0.05) is 30.3 Å². The Morgan fingerprint density at radius 3 is 2.55 bits per heavy atom. The highest BCUT2D eigenvalue weighted by atomic mass is 32.1. The smallest absolute Gasteiger partial charge is 0.398 e. The zero-order valence-corrected chi connectivity index (χ0v) is 11.5. The molecule has 0 spiro atoms. The second-order valence-corrected chi connectivity index (χ2v) is 4.84. The molecule has 0 radical (unpaired) electrons. The molecule has 1 aromatic heterocycles. The van der Waals surface area contributed by atoms with Crippen molar-refractivity contribution in [3.8, 4) is 0 Å². The standard InChI is InChI=1S/C12H13F3N4S/c1-2-19(7-8-5-3-4-6-9(8)16)11-17-10(18-20-11)12(13,14)15/h3-6H,2,7,16H2,1H3. The molecular weight excluding hydrogens is 289 g/mol. The van der Waals surface area contributed by atoms with Crippen molar-refractivity contribution >= 4 is 22.4 Å². The third kappa shape index (κ3) is 3.19. The Kier molecular flexibility index (Phi) is 4.12. The maximum atomic E-state index is 12.5. The fourth-order valence-corrected chi connectivity index (χ4v) is 2.41. The predicted octanol–water partition coefficient (Wildman–Crippen LogP) is 3.17. The highest BCUT2D eigenvalue weighted by molar-refractivity contribution is 7.09. The van der Waals surface area contributed by atoms with E-state index in [1.165, 1.54) is 0 Å². The van der Waals surface area contributed by atoms with E-state index >= 15 is 0 Å². The number of hydrogen-bond donors (Lipinski definition) is 1. The summed E-state index contributed by atoms with van der Waals surface area (Å²) in [5.74, 6) is -1.10. The molecule has 0 bridgehead atoms. The van der Waals surface area contributed by atoms with E-state index in [9.17, 15) is 13.2 Å². The lowest BCUT2D eigenvalue weighted by atomic mass is 10.2. The Morgan fingerprint density at radius 2 is 2.00 bits per heavy atom. The van der Waals surface area contributed by atoms with E-state index in [1.54, 1.807) is 11.0 Å². The molecule has 1 heterocycles. The van der Waals surface area contributed by atoms with Crippen LogP contribution < -0.4 is 10.6 Å². The number of alkyl halides is 3. The molecule has 0 aliphatic rings. The van der Waals surface area contributed by atoms with Crippen molar-refractivity contribution in [1.82, 2.24) is 9.36 Å². The first-order chi connectivity index (χ1) is 9.41. The van der Waals surface area contributed by atoms with Crippen molar-refractivity contribution in [3.63, 3.8) is 0 Å². The van der Waals surface area contributed by atoms with Gasteiger partial charge >= 0.3 is 6.18 Å². The van der Waals surface area contributed by atoms with Crippen molar-refractivity contribution < 1.29 is 13.2 Å². The average molecular weight is 302 g/mol. The van der Waals surface area contributed by atoms with Gasteiger partial charge in [0.15, 0.2) is 0 Å². The fraction of sp³-hybridized carbons (Fsp3) is 0.333. The molecule has 0 aliphatic carbocycles. The third-order valence-electron chi connectivity index (χ3n) is 2.74. The molecule has 0 saturated heterocycles. The van der Waals surface area contributed by atoms with E-state index in [0.29, 0.717) is 18.8 Å². The molecule has 2 rings (SSSR count). The van der Waals surface area contributed by atoms with Crippen LogP contribution in [0.2, 0.25) is 0 Å². The van der Waals surface area contributed by atoms with Gasteiger partial charge in [-0.05, 0) is 18.6 Å². The summed E-state index contributed by atoms with van der Waals surface area (Å²) in [6.45, 7) is 2.75. The Hall–Kier alpha value is -1.83. The molecule has 4 nitrogen and oxygen atoms in total. The van der Waals surface area contributed by atoms with Gasteiger partial charge in [-0.15, -0.1) is 0 Å². The molecule has 0 unspecified atom stereocenters. The summed E-state index contributed by atoms with van der Waals surface area (Å²) in [5.41, 5.74) is 7.29. The quantitative estimate of drug-likeness (QED) is 0.881. The monoisotopic (exact) mass is 302 g/mol. The molecule has 20 heavy (non-hydrogen) atoms. The van der Waals surface area contributed by atoms with E-state index in [2.05, 4.69) is 9.36 Å². The van der Waals surface area contributed by atoms with Gasteiger partial charge in [0.05, 0.1) is 0 Å². The number of hydrogen-bond acceptors (Lipinski definition) is 5. The molecular formula is C12H13F3N4S. The highest BCUT2D eigenvalue weighted by Crippen LogP contribution is 2.31. The largest absolute Gasteiger partial charge is 0.452 e. The zero-order valence-electron chi connectivity index (χ0n) is 10.7. The SMILES string of the molecule is CCN(Cc1ccccc1N)c1nc(C(F)(F)F)ns1. The minimum atomic E-state index is -4.51. The molecule has 0 aliphatic heterocycles. The van der Waals surface area contributed by atoms with Crippen LogP contribution in [-0.4, -0.2) is 15.9 Å². The number of para-hydroxylation sites is 1. The predicted molar refractivity (Wildman–Crippen MR) is 72.5 cm³/mol. The first-order valence-electron chi connectivity index (χ1n) is 5.91. The van der Waals surface area contributed by atoms with Gasteiger partial charge in [-0.2, -0.15) is 22.5 Å². The minimum absolute atomic E-state index is 0.239. The molecule has 108 valence electrons. The van der Waals surface area contributed by atoms with Crippen LogP contribution in [0.15, 0.2) is 24.3 Å². The van der Waals surface area contributed by atoms with Crippen LogP contribution in [0.25, 0.3) is 0 Å². The van der Waals surface area contributed by atoms with Gasteiger partial charge in [-0.3, -0.25) is 0 Å². The summed E-state index contributed by atoms with van der Waals surface area (Å²) in [5, 5.41) is 0.239. The van der Waals surface area contributed by atoms with Gasteiger partial charge in [0.25, 0.3) is 0 Å². The molecule has 8 heteroatoms. The number of nitrogens with zero attached hydrogens (tertiary/aromatic N) is 3. The molecule has 0 amide bonds. The highest BCUT2D eigenvalue weighted by Gasteiger charge is 2.36. The van der Waals surface area contributed by atoms with Crippen LogP contribution in [0, 0.1) is 0 Å². The molecule has 2 N–H and O–H groups in total. The maximum Gasteiger partial charge on any atom is 0.452 e. The normalized spacial score (nSPS) is 11.6. The summed E-state index contributed by atoms with van der Waals surface area (Å²) < 4.78 is 40.9. The van der Waals surface area contributed by atoms with Gasteiger partial charge in [-0.25, -0.2) is 0 Å². The van der Waals surface area contributed by atoms with Gasteiger partial charge < -0.3 is 10.6 Å². The summed E-state index contributed by atoms with van der Waals surface area (Å²) in [4.78, 5) is 5.25.